The topological polar surface area (TPSA) is 52.6 Å². The van der Waals surface area contributed by atoms with Crippen LogP contribution < -0.4 is 4.74 Å². The summed E-state index contributed by atoms with van der Waals surface area (Å²) < 4.78 is 11.1. The number of methoxy groups -OCH3 is 1. The van der Waals surface area contributed by atoms with E-state index < -0.39 is 0 Å². The van der Waals surface area contributed by atoms with Gasteiger partial charge in [-0.2, -0.15) is 0 Å². The van der Waals surface area contributed by atoms with Crippen LogP contribution in [0.4, 0.5) is 0 Å². The maximum atomic E-state index is 11.3. The van der Waals surface area contributed by atoms with Crippen molar-refractivity contribution in [1.29, 1.82) is 0 Å². The fraction of sp³-hybridized carbons (Fsp3) is 0.385. The minimum absolute atomic E-state index is 0.0838. The third-order valence-electron chi connectivity index (χ3n) is 2.97. The van der Waals surface area contributed by atoms with E-state index in [1.54, 1.807) is 18.2 Å². The van der Waals surface area contributed by atoms with E-state index in [1.807, 2.05) is 0 Å². The quantitative estimate of drug-likeness (QED) is 0.633. The lowest BCUT2D eigenvalue weighted by Crippen LogP contribution is -2.34. The van der Waals surface area contributed by atoms with Crippen LogP contribution in [0.15, 0.2) is 22.7 Å². The van der Waals surface area contributed by atoms with E-state index in [0.29, 0.717) is 15.8 Å². The Morgan fingerprint density at radius 3 is 2.72 bits per heavy atom. The molecule has 1 fully saturated rings. The van der Waals surface area contributed by atoms with Gasteiger partial charge in [-0.05, 0) is 47.0 Å². The lowest BCUT2D eigenvalue weighted by molar-refractivity contribution is -0.116. The van der Waals surface area contributed by atoms with Gasteiger partial charge in [0.15, 0.2) is 0 Å². The first kappa shape index (κ1) is 13.1. The molecule has 0 amide bonds. The maximum Gasteiger partial charge on any atom is 0.337 e. The molecule has 0 spiro atoms. The number of benzene rings is 1. The molecule has 1 saturated carbocycles. The molecule has 0 unspecified atom stereocenters. The first-order valence-electron chi connectivity index (χ1n) is 5.64. The molecule has 5 heteroatoms. The van der Waals surface area contributed by atoms with Gasteiger partial charge in [0.05, 0.1) is 17.1 Å². The van der Waals surface area contributed by atoms with Crippen molar-refractivity contribution in [3.05, 3.63) is 28.2 Å². The van der Waals surface area contributed by atoms with Gasteiger partial charge in [-0.25, -0.2) is 4.79 Å². The Bertz CT molecular complexity index is 466. The van der Waals surface area contributed by atoms with Gasteiger partial charge in [0.2, 0.25) is 0 Å². The van der Waals surface area contributed by atoms with Crippen molar-refractivity contribution in [1.82, 2.24) is 0 Å². The van der Waals surface area contributed by atoms with Crippen molar-refractivity contribution in [2.24, 2.45) is 5.92 Å². The fourth-order valence-corrected chi connectivity index (χ4v) is 2.31. The molecule has 0 aromatic heterocycles. The van der Waals surface area contributed by atoms with Crippen LogP contribution in [0.3, 0.4) is 0 Å². The molecule has 18 heavy (non-hydrogen) atoms. The highest BCUT2D eigenvalue weighted by atomic mass is 79.9. The predicted octanol–water partition coefficient (Wildman–Crippen LogP) is 2.59. The van der Waals surface area contributed by atoms with Crippen LogP contribution in [0.2, 0.25) is 0 Å². The fourth-order valence-electron chi connectivity index (χ4n) is 1.83. The molecule has 1 aliphatic carbocycles. The summed E-state index contributed by atoms with van der Waals surface area (Å²) in [6.07, 6.45) is 2.57. The van der Waals surface area contributed by atoms with E-state index in [9.17, 15) is 9.59 Å². The molecule has 0 radical (unpaired) electrons. The van der Waals surface area contributed by atoms with Gasteiger partial charge in [-0.1, -0.05) is 0 Å². The van der Waals surface area contributed by atoms with E-state index in [-0.39, 0.29) is 18.0 Å². The van der Waals surface area contributed by atoms with E-state index in [4.69, 9.17) is 4.74 Å². The zero-order chi connectivity index (χ0) is 13.1. The van der Waals surface area contributed by atoms with E-state index in [0.717, 1.165) is 19.1 Å². The molecule has 0 heterocycles. The third-order valence-corrected chi connectivity index (χ3v) is 3.59. The summed E-state index contributed by atoms with van der Waals surface area (Å²) in [6, 6.07) is 5.05. The van der Waals surface area contributed by atoms with Gasteiger partial charge in [0.1, 0.15) is 18.1 Å². The number of aldehydes is 1. The smallest absolute Gasteiger partial charge is 0.337 e. The maximum absolute atomic E-state index is 11.3. The summed E-state index contributed by atoms with van der Waals surface area (Å²) in [5.74, 6) is 0.423. The zero-order valence-electron chi connectivity index (χ0n) is 9.89. The second kappa shape index (κ2) is 5.52. The molecule has 1 aromatic carbocycles. The van der Waals surface area contributed by atoms with E-state index in [2.05, 4.69) is 20.7 Å². The first-order valence-corrected chi connectivity index (χ1v) is 6.43. The Morgan fingerprint density at radius 2 is 2.17 bits per heavy atom. The summed E-state index contributed by atoms with van der Waals surface area (Å²) in [7, 11) is 1.34. The van der Waals surface area contributed by atoms with Gasteiger partial charge < -0.3 is 14.3 Å². The van der Waals surface area contributed by atoms with Crippen LogP contribution in [0.5, 0.6) is 5.75 Å². The molecule has 0 saturated heterocycles. The molecule has 0 atom stereocenters. The Labute approximate surface area is 113 Å². The molecule has 1 aromatic rings. The average Bonchev–Trinajstić information content (AvgIpc) is 2.33. The van der Waals surface area contributed by atoms with Crippen molar-refractivity contribution in [3.8, 4) is 5.75 Å². The molecule has 1 aliphatic rings. The Hall–Kier alpha value is -1.36. The number of carbonyl (C=O) groups is 2. The highest BCUT2D eigenvalue weighted by Crippen LogP contribution is 2.33. The molecule has 0 N–H and O–H groups in total. The largest absolute Gasteiger partial charge is 0.489 e. The van der Waals surface area contributed by atoms with Crippen LogP contribution >= 0.6 is 15.9 Å². The summed E-state index contributed by atoms with van der Waals surface area (Å²) >= 11 is 3.36. The van der Waals surface area contributed by atoms with E-state index >= 15 is 0 Å². The Kier molecular flexibility index (Phi) is 4.01. The lowest BCUT2D eigenvalue weighted by atomic mass is 9.83. The number of hydrogen-bond donors (Lipinski definition) is 0. The first-order chi connectivity index (χ1) is 8.63. The molecule has 96 valence electrons. The predicted molar refractivity (Wildman–Crippen MR) is 68.7 cm³/mol. The Morgan fingerprint density at radius 1 is 1.44 bits per heavy atom. The standard InChI is InChI=1S/C13H13BrO4/c1-17-13(16)9-2-3-12(11(14)6-9)18-10-4-8(5-10)7-15/h2-3,6-8,10H,4-5H2,1H3. The van der Waals surface area contributed by atoms with Crippen LogP contribution in [0.1, 0.15) is 23.2 Å². The van der Waals surface area contributed by atoms with Crippen molar-refractivity contribution in [2.75, 3.05) is 7.11 Å². The normalized spacial score (nSPS) is 21.9. The van der Waals surface area contributed by atoms with Crippen molar-refractivity contribution >= 4 is 28.2 Å². The van der Waals surface area contributed by atoms with Gasteiger partial charge >= 0.3 is 5.97 Å². The zero-order valence-corrected chi connectivity index (χ0v) is 11.5. The second-order valence-corrected chi connectivity index (χ2v) is 5.10. The highest BCUT2D eigenvalue weighted by Gasteiger charge is 2.30. The second-order valence-electron chi connectivity index (χ2n) is 4.24. The number of halogens is 1. The van der Waals surface area contributed by atoms with Crippen molar-refractivity contribution in [3.63, 3.8) is 0 Å². The summed E-state index contributed by atoms with van der Waals surface area (Å²) in [4.78, 5) is 21.8. The molecular formula is C13H13BrO4. The molecule has 4 nitrogen and oxygen atoms in total. The van der Waals surface area contributed by atoms with Gasteiger partial charge in [0.25, 0.3) is 0 Å². The van der Waals surface area contributed by atoms with Crippen LogP contribution in [-0.4, -0.2) is 25.5 Å². The molecular weight excluding hydrogens is 300 g/mol. The minimum Gasteiger partial charge on any atom is -0.489 e. The SMILES string of the molecule is COC(=O)c1ccc(OC2CC(C=O)C2)c(Br)c1. The Balaban J connectivity index is 2.02. The summed E-state index contributed by atoms with van der Waals surface area (Å²) in [5, 5.41) is 0. The molecule has 0 aliphatic heterocycles. The molecule has 2 rings (SSSR count). The van der Waals surface area contributed by atoms with Gasteiger partial charge in [-0.15, -0.1) is 0 Å². The summed E-state index contributed by atoms with van der Waals surface area (Å²) in [6.45, 7) is 0. The lowest BCUT2D eigenvalue weighted by Gasteiger charge is -2.32. The number of hydrogen-bond acceptors (Lipinski definition) is 4. The van der Waals surface area contributed by atoms with Crippen LogP contribution in [-0.2, 0) is 9.53 Å². The van der Waals surface area contributed by atoms with Crippen molar-refractivity contribution in [2.45, 2.75) is 18.9 Å². The van der Waals surface area contributed by atoms with Crippen LogP contribution in [0, 0.1) is 5.92 Å². The number of esters is 1. The number of rotatable bonds is 4. The van der Waals surface area contributed by atoms with Crippen LogP contribution in [0.25, 0.3) is 0 Å². The van der Waals surface area contributed by atoms with Crippen molar-refractivity contribution < 1.29 is 19.1 Å². The van der Waals surface area contributed by atoms with Gasteiger partial charge in [-0.3, -0.25) is 0 Å². The monoisotopic (exact) mass is 312 g/mol. The minimum atomic E-state index is -0.382. The van der Waals surface area contributed by atoms with Gasteiger partial charge in [0, 0.05) is 5.92 Å². The third kappa shape index (κ3) is 2.72. The summed E-state index contributed by atoms with van der Waals surface area (Å²) in [5.41, 5.74) is 0.469. The van der Waals surface area contributed by atoms with E-state index in [1.165, 1.54) is 7.11 Å². The average molecular weight is 313 g/mol. The number of carbonyl (C=O) groups excluding carboxylic acids is 2. The number of ether oxygens (including phenoxy) is 2. The highest BCUT2D eigenvalue weighted by molar-refractivity contribution is 9.10. The molecule has 0 bridgehead atoms.